The zero-order valence-corrected chi connectivity index (χ0v) is 9.82. The van der Waals surface area contributed by atoms with Gasteiger partial charge in [0.1, 0.15) is 15.1 Å². The second-order valence-corrected chi connectivity index (χ2v) is 5.97. The van der Waals surface area contributed by atoms with E-state index in [4.69, 9.17) is 10.7 Å². The zero-order chi connectivity index (χ0) is 10.3. The van der Waals surface area contributed by atoms with Crippen LogP contribution in [0.4, 0.5) is 0 Å². The predicted molar refractivity (Wildman–Crippen MR) is 56.8 cm³/mol. The number of pyridine rings is 1. The average Bonchev–Trinajstić information content (AvgIpc) is 2.45. The van der Waals surface area contributed by atoms with Crippen LogP contribution in [-0.2, 0) is 9.05 Å². The minimum absolute atomic E-state index is 0.0502. The highest BCUT2D eigenvalue weighted by molar-refractivity contribution is 9.10. The Labute approximate surface area is 92.8 Å². The van der Waals surface area contributed by atoms with Crippen LogP contribution < -0.4 is 0 Å². The largest absolute Gasteiger partial charge is 0.345 e. The van der Waals surface area contributed by atoms with E-state index in [9.17, 15) is 8.42 Å². The molecule has 0 unspecified atom stereocenters. The van der Waals surface area contributed by atoms with Crippen LogP contribution in [0.1, 0.15) is 0 Å². The molecular weight excluding hydrogens is 292 g/mol. The molecule has 0 amide bonds. The molecule has 0 saturated carbocycles. The molecule has 0 radical (unpaired) electrons. The van der Waals surface area contributed by atoms with E-state index < -0.39 is 9.05 Å². The van der Waals surface area contributed by atoms with Crippen LogP contribution in [0.25, 0.3) is 11.0 Å². The predicted octanol–water partition coefficient (Wildman–Crippen LogP) is 2.25. The maximum atomic E-state index is 11.1. The van der Waals surface area contributed by atoms with Gasteiger partial charge in [-0.3, -0.25) is 0 Å². The summed E-state index contributed by atoms with van der Waals surface area (Å²) in [6, 6.07) is 3.29. The summed E-state index contributed by atoms with van der Waals surface area (Å²) in [5.74, 6) is 0. The second-order valence-electron chi connectivity index (χ2n) is 2.62. The Kier molecular flexibility index (Phi) is 2.29. The van der Waals surface area contributed by atoms with Crippen molar-refractivity contribution in [1.82, 2.24) is 9.97 Å². The van der Waals surface area contributed by atoms with Crippen molar-refractivity contribution in [1.29, 1.82) is 0 Å². The van der Waals surface area contributed by atoms with E-state index in [0.717, 1.165) is 0 Å². The Bertz CT molecular complexity index is 593. The number of H-pyrrole nitrogens is 1. The molecule has 1 N–H and O–H groups in total. The first-order chi connectivity index (χ1) is 6.48. The van der Waals surface area contributed by atoms with E-state index in [1.54, 1.807) is 12.1 Å². The Hall–Kier alpha value is -0.590. The number of aromatic amines is 1. The maximum Gasteiger partial charge on any atom is 0.263 e. The number of nitrogens with zero attached hydrogens (tertiary/aromatic N) is 1. The van der Waals surface area contributed by atoms with Gasteiger partial charge in [0, 0.05) is 22.3 Å². The first-order valence-corrected chi connectivity index (χ1v) is 6.67. The number of halogens is 2. The molecule has 0 aliphatic heterocycles. The summed E-state index contributed by atoms with van der Waals surface area (Å²) in [6.07, 6.45) is 1.33. The smallest absolute Gasteiger partial charge is 0.263 e. The highest BCUT2D eigenvalue weighted by Crippen LogP contribution is 2.25. The lowest BCUT2D eigenvalue weighted by atomic mass is 10.3. The van der Waals surface area contributed by atoms with Crippen molar-refractivity contribution in [2.75, 3.05) is 0 Å². The molecule has 0 saturated heterocycles. The SMILES string of the molecule is O=S(=O)(Cl)c1c[nH]c2nc(Br)ccc12. The molecule has 4 nitrogen and oxygen atoms in total. The highest BCUT2D eigenvalue weighted by atomic mass is 79.9. The number of fused-ring (bicyclic) bond motifs is 1. The number of nitrogens with one attached hydrogen (secondary N) is 1. The fraction of sp³-hybridized carbons (Fsp3) is 0. The van der Waals surface area contributed by atoms with Crippen LogP contribution >= 0.6 is 26.6 Å². The average molecular weight is 296 g/mol. The van der Waals surface area contributed by atoms with Gasteiger partial charge in [-0.1, -0.05) is 0 Å². The summed E-state index contributed by atoms with van der Waals surface area (Å²) in [6.45, 7) is 0. The fourth-order valence-electron chi connectivity index (χ4n) is 1.16. The van der Waals surface area contributed by atoms with Crippen LogP contribution in [0.5, 0.6) is 0 Å². The number of hydrogen-bond donors (Lipinski definition) is 1. The molecule has 0 aliphatic carbocycles. The summed E-state index contributed by atoms with van der Waals surface area (Å²) in [7, 11) is 1.52. The van der Waals surface area contributed by atoms with E-state index in [-0.39, 0.29) is 4.90 Å². The van der Waals surface area contributed by atoms with Gasteiger partial charge in [-0.25, -0.2) is 13.4 Å². The van der Waals surface area contributed by atoms with Crippen molar-refractivity contribution < 1.29 is 8.42 Å². The van der Waals surface area contributed by atoms with Crippen LogP contribution in [0.15, 0.2) is 27.8 Å². The van der Waals surface area contributed by atoms with Crippen molar-refractivity contribution in [2.45, 2.75) is 4.90 Å². The van der Waals surface area contributed by atoms with Gasteiger partial charge >= 0.3 is 0 Å². The zero-order valence-electron chi connectivity index (χ0n) is 6.66. The fourth-order valence-corrected chi connectivity index (χ4v) is 2.48. The van der Waals surface area contributed by atoms with E-state index in [0.29, 0.717) is 15.6 Å². The highest BCUT2D eigenvalue weighted by Gasteiger charge is 2.16. The van der Waals surface area contributed by atoms with E-state index in [1.807, 2.05) is 0 Å². The normalized spacial score (nSPS) is 12.1. The third-order valence-corrected chi connectivity index (χ3v) is 3.53. The lowest BCUT2D eigenvalue weighted by molar-refractivity contribution is 0.610. The Morgan fingerprint density at radius 2 is 2.14 bits per heavy atom. The van der Waals surface area contributed by atoms with Crippen LogP contribution in [0, 0.1) is 0 Å². The summed E-state index contributed by atoms with van der Waals surface area (Å²) < 4.78 is 22.8. The molecule has 7 heteroatoms. The lowest BCUT2D eigenvalue weighted by Crippen LogP contribution is -1.87. The Balaban J connectivity index is 2.83. The van der Waals surface area contributed by atoms with E-state index in [1.165, 1.54) is 6.20 Å². The first-order valence-electron chi connectivity index (χ1n) is 3.57. The van der Waals surface area contributed by atoms with Crippen LogP contribution in [0.2, 0.25) is 0 Å². The van der Waals surface area contributed by atoms with Crippen molar-refractivity contribution in [3.63, 3.8) is 0 Å². The molecule has 2 aromatic heterocycles. The number of rotatable bonds is 1. The summed E-state index contributed by atoms with van der Waals surface area (Å²) in [5.41, 5.74) is 0.485. The van der Waals surface area contributed by atoms with Gasteiger partial charge in [-0.2, -0.15) is 0 Å². The first kappa shape index (κ1) is 9.95. The monoisotopic (exact) mass is 294 g/mol. The van der Waals surface area contributed by atoms with Gasteiger partial charge in [0.05, 0.1) is 0 Å². The third kappa shape index (κ3) is 1.65. The van der Waals surface area contributed by atoms with Crippen LogP contribution in [0.3, 0.4) is 0 Å². The lowest BCUT2D eigenvalue weighted by Gasteiger charge is -1.93. The molecule has 2 rings (SSSR count). The van der Waals surface area contributed by atoms with Gasteiger partial charge in [0.25, 0.3) is 9.05 Å². The molecule has 0 fully saturated rings. The van der Waals surface area contributed by atoms with Gasteiger partial charge < -0.3 is 4.98 Å². The van der Waals surface area contributed by atoms with Gasteiger partial charge in [-0.05, 0) is 28.1 Å². The Morgan fingerprint density at radius 1 is 1.43 bits per heavy atom. The van der Waals surface area contributed by atoms with Gasteiger partial charge in [0.2, 0.25) is 0 Å². The van der Waals surface area contributed by atoms with Gasteiger partial charge in [-0.15, -0.1) is 0 Å². The van der Waals surface area contributed by atoms with Crippen molar-refractivity contribution in [2.24, 2.45) is 0 Å². The minimum Gasteiger partial charge on any atom is -0.345 e. The van der Waals surface area contributed by atoms with Crippen molar-refractivity contribution >= 4 is 46.7 Å². The van der Waals surface area contributed by atoms with E-state index in [2.05, 4.69) is 25.9 Å². The molecule has 0 aliphatic rings. The molecule has 0 aromatic carbocycles. The molecule has 2 heterocycles. The summed E-state index contributed by atoms with van der Waals surface area (Å²) >= 11 is 3.18. The molecular formula is C7H4BrClN2O2S. The second kappa shape index (κ2) is 3.22. The molecule has 0 spiro atoms. The summed E-state index contributed by atoms with van der Waals surface area (Å²) in [4.78, 5) is 6.83. The maximum absolute atomic E-state index is 11.1. The van der Waals surface area contributed by atoms with Crippen molar-refractivity contribution in [3.05, 3.63) is 22.9 Å². The molecule has 0 bridgehead atoms. The van der Waals surface area contributed by atoms with Crippen LogP contribution in [-0.4, -0.2) is 18.4 Å². The standard InChI is InChI=1S/C7H4BrClN2O2S/c8-6-2-1-4-5(14(9,12)13)3-10-7(4)11-6/h1-3H,(H,10,11). The molecule has 74 valence electrons. The summed E-state index contributed by atoms with van der Waals surface area (Å²) in [5, 5.41) is 0.489. The molecule has 14 heavy (non-hydrogen) atoms. The number of hydrogen-bond acceptors (Lipinski definition) is 3. The van der Waals surface area contributed by atoms with Gasteiger partial charge in [0.15, 0.2) is 0 Å². The van der Waals surface area contributed by atoms with Crippen molar-refractivity contribution in [3.8, 4) is 0 Å². The topological polar surface area (TPSA) is 62.8 Å². The molecule has 0 atom stereocenters. The van der Waals surface area contributed by atoms with E-state index >= 15 is 0 Å². The Morgan fingerprint density at radius 3 is 2.79 bits per heavy atom. The third-order valence-electron chi connectivity index (χ3n) is 1.73. The number of aromatic nitrogens is 2. The molecule has 2 aromatic rings. The minimum atomic E-state index is -3.71. The quantitative estimate of drug-likeness (QED) is 0.648.